The van der Waals surface area contributed by atoms with Gasteiger partial charge in [-0.2, -0.15) is 0 Å². The van der Waals surface area contributed by atoms with Gasteiger partial charge in [0.2, 0.25) is 5.91 Å². The van der Waals surface area contributed by atoms with Crippen molar-refractivity contribution < 1.29 is 9.18 Å². The first-order valence-electron chi connectivity index (χ1n) is 6.57. The summed E-state index contributed by atoms with van der Waals surface area (Å²) < 4.78 is 14.3. The summed E-state index contributed by atoms with van der Waals surface area (Å²) in [6.45, 7) is 0.563. The molecule has 0 aliphatic rings. The van der Waals surface area contributed by atoms with Crippen molar-refractivity contribution in [1.29, 1.82) is 0 Å². The topological polar surface area (TPSA) is 32.3 Å². The fraction of sp³-hybridized carbons (Fsp3) is 0.188. The molecule has 0 heterocycles. The fourth-order valence-corrected chi connectivity index (χ4v) is 2.22. The molecule has 1 N–H and O–H groups in total. The van der Waals surface area contributed by atoms with Crippen LogP contribution in [0, 0.1) is 5.82 Å². The van der Waals surface area contributed by atoms with E-state index < -0.39 is 5.82 Å². The van der Waals surface area contributed by atoms with Crippen LogP contribution in [-0.4, -0.2) is 19.5 Å². The van der Waals surface area contributed by atoms with Gasteiger partial charge in [0.1, 0.15) is 5.82 Å². The number of halogens is 2. The lowest BCUT2D eigenvalue weighted by atomic mass is 10.2. The minimum Gasteiger partial charge on any atom is -0.374 e. The quantitative estimate of drug-likeness (QED) is 0.881. The summed E-state index contributed by atoms with van der Waals surface area (Å²) in [4.78, 5) is 13.9. The summed E-state index contributed by atoms with van der Waals surface area (Å²) in [5.41, 5.74) is 1.24. The van der Waals surface area contributed by atoms with Crippen molar-refractivity contribution in [3.8, 4) is 0 Å². The van der Waals surface area contributed by atoms with Crippen molar-refractivity contribution in [2.45, 2.75) is 6.42 Å². The fourth-order valence-electron chi connectivity index (χ4n) is 1.88. The molecule has 0 atom stereocenters. The molecule has 0 aliphatic heterocycles. The average Bonchev–Trinajstić information content (AvgIpc) is 2.48. The Morgan fingerprint density at radius 2 is 1.95 bits per heavy atom. The van der Waals surface area contributed by atoms with E-state index in [0.717, 1.165) is 5.69 Å². The molecular weight excluding hydrogens is 335 g/mol. The Morgan fingerprint density at radius 1 is 1.24 bits per heavy atom. The number of para-hydroxylation sites is 1. The van der Waals surface area contributed by atoms with E-state index in [1.807, 2.05) is 42.3 Å². The number of hydrogen-bond acceptors (Lipinski definition) is 2. The Hall–Kier alpha value is -1.88. The third-order valence-corrected chi connectivity index (χ3v) is 3.57. The molecule has 5 heteroatoms. The van der Waals surface area contributed by atoms with Crippen molar-refractivity contribution in [3.05, 3.63) is 58.8 Å². The van der Waals surface area contributed by atoms with Crippen LogP contribution >= 0.6 is 15.9 Å². The molecule has 0 unspecified atom stereocenters. The number of carbonyl (C=O) groups excluding carboxylic acids is 1. The summed E-state index contributed by atoms with van der Waals surface area (Å²) in [5, 5.41) is 2.58. The minimum atomic E-state index is -0.450. The van der Waals surface area contributed by atoms with Crippen molar-refractivity contribution in [1.82, 2.24) is 0 Å². The molecule has 0 spiro atoms. The number of nitrogens with one attached hydrogen (secondary N) is 1. The van der Waals surface area contributed by atoms with Gasteiger partial charge in [0.05, 0.1) is 5.69 Å². The average molecular weight is 351 g/mol. The number of nitrogens with zero attached hydrogens (tertiary/aromatic N) is 1. The molecule has 2 rings (SSSR count). The number of amides is 1. The van der Waals surface area contributed by atoms with Gasteiger partial charge >= 0.3 is 0 Å². The van der Waals surface area contributed by atoms with Gasteiger partial charge in [-0.25, -0.2) is 4.39 Å². The van der Waals surface area contributed by atoms with Crippen LogP contribution < -0.4 is 10.2 Å². The Morgan fingerprint density at radius 3 is 2.62 bits per heavy atom. The third kappa shape index (κ3) is 4.56. The van der Waals surface area contributed by atoms with Crippen LogP contribution in [0.4, 0.5) is 15.8 Å². The van der Waals surface area contributed by atoms with Gasteiger partial charge < -0.3 is 10.2 Å². The minimum absolute atomic E-state index is 0.200. The molecule has 0 aromatic heterocycles. The van der Waals surface area contributed by atoms with Crippen molar-refractivity contribution in [2.75, 3.05) is 23.8 Å². The zero-order chi connectivity index (χ0) is 15.2. The highest BCUT2D eigenvalue weighted by Crippen LogP contribution is 2.19. The normalized spacial score (nSPS) is 10.2. The molecule has 0 saturated heterocycles. The Bertz CT molecular complexity index is 619. The van der Waals surface area contributed by atoms with Crippen LogP contribution in [0.2, 0.25) is 0 Å². The van der Waals surface area contributed by atoms with E-state index >= 15 is 0 Å². The summed E-state index contributed by atoms with van der Waals surface area (Å²) in [6.07, 6.45) is 0.293. The first kappa shape index (κ1) is 15.5. The molecule has 110 valence electrons. The second-order valence-corrected chi connectivity index (χ2v) is 5.60. The lowest BCUT2D eigenvalue weighted by Gasteiger charge is -2.18. The van der Waals surface area contributed by atoms with E-state index in [1.165, 1.54) is 12.1 Å². The lowest BCUT2D eigenvalue weighted by Crippen LogP contribution is -2.24. The van der Waals surface area contributed by atoms with E-state index in [1.54, 1.807) is 6.07 Å². The molecule has 0 radical (unpaired) electrons. The van der Waals surface area contributed by atoms with E-state index in [4.69, 9.17) is 0 Å². The molecule has 3 nitrogen and oxygen atoms in total. The summed E-state index contributed by atoms with van der Waals surface area (Å²) in [5.74, 6) is -0.659. The van der Waals surface area contributed by atoms with E-state index in [0.29, 0.717) is 17.4 Å². The van der Waals surface area contributed by atoms with Crippen LogP contribution in [0.25, 0.3) is 0 Å². The maximum absolute atomic E-state index is 13.6. The Balaban J connectivity index is 1.87. The van der Waals surface area contributed by atoms with Gasteiger partial charge in [0.25, 0.3) is 0 Å². The van der Waals surface area contributed by atoms with Crippen LogP contribution in [-0.2, 0) is 4.79 Å². The third-order valence-electron chi connectivity index (χ3n) is 3.08. The lowest BCUT2D eigenvalue weighted by molar-refractivity contribution is -0.116. The standard InChI is InChI=1S/C16H16BrFN2O/c1-20(13-5-3-2-4-6-13)10-9-16(21)19-15-8-7-12(17)11-14(15)18/h2-8,11H,9-10H2,1H3,(H,19,21). The second kappa shape index (κ2) is 7.22. The van der Waals surface area contributed by atoms with Crippen molar-refractivity contribution in [2.24, 2.45) is 0 Å². The van der Waals surface area contributed by atoms with E-state index in [2.05, 4.69) is 21.2 Å². The van der Waals surface area contributed by atoms with Gasteiger partial charge in [-0.1, -0.05) is 34.1 Å². The van der Waals surface area contributed by atoms with Gasteiger partial charge in [-0.05, 0) is 30.3 Å². The zero-order valence-corrected chi connectivity index (χ0v) is 13.2. The maximum Gasteiger partial charge on any atom is 0.226 e. The van der Waals surface area contributed by atoms with Gasteiger partial charge in [-0.15, -0.1) is 0 Å². The van der Waals surface area contributed by atoms with Gasteiger partial charge in [0, 0.05) is 30.2 Å². The second-order valence-electron chi connectivity index (χ2n) is 4.68. The maximum atomic E-state index is 13.6. The monoisotopic (exact) mass is 350 g/mol. The largest absolute Gasteiger partial charge is 0.374 e. The molecule has 0 fully saturated rings. The van der Waals surface area contributed by atoms with Crippen LogP contribution in [0.3, 0.4) is 0 Å². The predicted octanol–water partition coefficient (Wildman–Crippen LogP) is 4.05. The molecule has 21 heavy (non-hydrogen) atoms. The molecule has 0 saturated carbocycles. The summed E-state index contributed by atoms with van der Waals surface area (Å²) in [7, 11) is 1.92. The predicted molar refractivity (Wildman–Crippen MR) is 87.1 cm³/mol. The first-order chi connectivity index (χ1) is 10.1. The summed E-state index contributed by atoms with van der Waals surface area (Å²) in [6, 6.07) is 14.4. The van der Waals surface area contributed by atoms with Crippen LogP contribution in [0.15, 0.2) is 53.0 Å². The number of rotatable bonds is 5. The number of hydrogen-bond donors (Lipinski definition) is 1. The molecule has 2 aromatic carbocycles. The van der Waals surface area contributed by atoms with Gasteiger partial charge in [0.15, 0.2) is 0 Å². The molecule has 0 bridgehead atoms. The van der Waals surface area contributed by atoms with E-state index in [9.17, 15) is 9.18 Å². The molecule has 1 amide bonds. The highest BCUT2D eigenvalue weighted by atomic mass is 79.9. The number of benzene rings is 2. The van der Waals surface area contributed by atoms with Crippen molar-refractivity contribution >= 4 is 33.2 Å². The Kier molecular flexibility index (Phi) is 5.33. The number of carbonyl (C=O) groups is 1. The summed E-state index contributed by atoms with van der Waals surface area (Å²) >= 11 is 3.18. The Labute approximate surface area is 131 Å². The molecule has 2 aromatic rings. The van der Waals surface area contributed by atoms with Crippen LogP contribution in [0.5, 0.6) is 0 Å². The highest BCUT2D eigenvalue weighted by Gasteiger charge is 2.09. The van der Waals surface area contributed by atoms with Crippen molar-refractivity contribution in [3.63, 3.8) is 0 Å². The smallest absolute Gasteiger partial charge is 0.226 e. The molecular formula is C16H16BrFN2O. The SMILES string of the molecule is CN(CCC(=O)Nc1ccc(Br)cc1F)c1ccccc1. The van der Waals surface area contributed by atoms with Crippen LogP contribution in [0.1, 0.15) is 6.42 Å². The van der Waals surface area contributed by atoms with E-state index in [-0.39, 0.29) is 11.6 Å². The van der Waals surface area contributed by atoms with Gasteiger partial charge in [-0.3, -0.25) is 4.79 Å². The zero-order valence-electron chi connectivity index (χ0n) is 11.6. The highest BCUT2D eigenvalue weighted by molar-refractivity contribution is 9.10. The first-order valence-corrected chi connectivity index (χ1v) is 7.36. The number of anilines is 2. The molecule has 0 aliphatic carbocycles.